The van der Waals surface area contributed by atoms with Crippen LogP contribution in [-0.4, -0.2) is 39.5 Å². The number of nitrogens with zero attached hydrogens (tertiary/aromatic N) is 1. The highest BCUT2D eigenvalue weighted by Gasteiger charge is 2.43. The molecule has 8 heteroatoms. The Bertz CT molecular complexity index is 1300. The number of rotatable bonds is 7. The molecule has 0 saturated carbocycles. The molecule has 0 saturated heterocycles. The van der Waals surface area contributed by atoms with Crippen molar-refractivity contribution in [2.45, 2.75) is 12.3 Å². The van der Waals surface area contributed by atoms with E-state index in [4.69, 9.17) is 18.9 Å². The van der Waals surface area contributed by atoms with E-state index in [2.05, 4.69) is 15.9 Å². The lowest BCUT2D eigenvalue weighted by molar-refractivity contribution is -0.142. The summed E-state index contributed by atoms with van der Waals surface area (Å²) in [5.41, 5.74) is 2.29. The summed E-state index contributed by atoms with van der Waals surface area (Å²) in [5.74, 6) is -0.750. The van der Waals surface area contributed by atoms with E-state index >= 15 is 0 Å². The van der Waals surface area contributed by atoms with Crippen LogP contribution < -0.4 is 9.64 Å². The molecule has 0 aliphatic carbocycles. The van der Waals surface area contributed by atoms with Gasteiger partial charge in [0, 0.05) is 10.2 Å². The highest BCUT2D eigenvalue weighted by molar-refractivity contribution is 9.10. The lowest BCUT2D eigenvalue weighted by Gasteiger charge is -2.41. The molecule has 37 heavy (non-hydrogen) atoms. The first-order valence-corrected chi connectivity index (χ1v) is 12.2. The quantitative estimate of drug-likeness (QED) is 0.342. The van der Waals surface area contributed by atoms with Crippen molar-refractivity contribution in [1.29, 1.82) is 0 Å². The minimum Gasteiger partial charge on any atom is -0.497 e. The maximum absolute atomic E-state index is 13.3. The van der Waals surface area contributed by atoms with E-state index < -0.39 is 24.3 Å². The average Bonchev–Trinajstić information content (AvgIpc) is 2.95. The van der Waals surface area contributed by atoms with Crippen molar-refractivity contribution in [1.82, 2.24) is 0 Å². The van der Waals surface area contributed by atoms with E-state index in [1.54, 1.807) is 36.3 Å². The molecule has 0 bridgehead atoms. The molecule has 3 aromatic rings. The van der Waals surface area contributed by atoms with Gasteiger partial charge in [0.05, 0.1) is 21.3 Å². The van der Waals surface area contributed by atoms with Crippen molar-refractivity contribution < 1.29 is 28.5 Å². The van der Waals surface area contributed by atoms with E-state index in [0.717, 1.165) is 10.0 Å². The summed E-state index contributed by atoms with van der Waals surface area (Å²) in [5, 5.41) is 0. The number of carbonyl (C=O) groups is 2. The monoisotopic (exact) mass is 563 g/mol. The predicted molar refractivity (Wildman–Crippen MR) is 144 cm³/mol. The van der Waals surface area contributed by atoms with Crippen LogP contribution in [0.15, 0.2) is 101 Å². The number of hydrogen-bond donors (Lipinski definition) is 0. The highest BCUT2D eigenvalue weighted by atomic mass is 79.9. The van der Waals surface area contributed by atoms with Crippen LogP contribution in [0.4, 0.5) is 5.69 Å². The van der Waals surface area contributed by atoms with Crippen molar-refractivity contribution in [2.75, 3.05) is 26.2 Å². The van der Waals surface area contributed by atoms with Gasteiger partial charge in [-0.05, 0) is 53.6 Å². The van der Waals surface area contributed by atoms with E-state index in [1.165, 1.54) is 14.2 Å². The third-order valence-corrected chi connectivity index (χ3v) is 6.38. The van der Waals surface area contributed by atoms with Gasteiger partial charge in [-0.2, -0.15) is 0 Å². The Kier molecular flexibility index (Phi) is 8.43. The molecule has 0 spiro atoms. The third-order valence-electron chi connectivity index (χ3n) is 5.85. The Labute approximate surface area is 224 Å². The SMILES string of the molecule is COC(=O)C1=C(C(=O)OC)N(c2ccc(OC)cc2)[C@@H](/C=C/c2ccccc2)O[C@H]1c1ccc(Br)cc1. The molecule has 4 rings (SSSR count). The third kappa shape index (κ3) is 5.76. The summed E-state index contributed by atoms with van der Waals surface area (Å²) >= 11 is 3.44. The molecule has 1 heterocycles. The van der Waals surface area contributed by atoms with Crippen molar-refractivity contribution in [3.05, 3.63) is 112 Å². The molecule has 2 atom stereocenters. The summed E-state index contributed by atoms with van der Waals surface area (Å²) in [4.78, 5) is 28.1. The van der Waals surface area contributed by atoms with Crippen molar-refractivity contribution >= 4 is 39.6 Å². The average molecular weight is 564 g/mol. The van der Waals surface area contributed by atoms with Crippen molar-refractivity contribution in [3.8, 4) is 5.75 Å². The van der Waals surface area contributed by atoms with E-state index in [9.17, 15) is 9.59 Å². The van der Waals surface area contributed by atoms with Gasteiger partial charge in [0.25, 0.3) is 0 Å². The lowest BCUT2D eigenvalue weighted by atomic mass is 9.96. The van der Waals surface area contributed by atoms with Crippen LogP contribution in [0.1, 0.15) is 17.2 Å². The number of hydrogen-bond acceptors (Lipinski definition) is 7. The van der Waals surface area contributed by atoms with E-state index in [-0.39, 0.29) is 11.3 Å². The minimum atomic E-state index is -0.894. The molecule has 7 nitrogen and oxygen atoms in total. The first kappa shape index (κ1) is 26.2. The van der Waals surface area contributed by atoms with Gasteiger partial charge in [0.1, 0.15) is 23.1 Å². The number of carbonyl (C=O) groups excluding carboxylic acids is 2. The first-order valence-electron chi connectivity index (χ1n) is 11.4. The zero-order valence-electron chi connectivity index (χ0n) is 20.6. The standard InChI is InChI=1S/C29H26BrNO6/c1-34-23-16-14-22(15-17-23)31-24(18-9-19-7-5-4-6-8-19)37-27(20-10-12-21(30)13-11-20)25(28(32)35-2)26(31)29(33)36-3/h4-18,24,27H,1-3H3/b18-9+/t24-,27+/m1/s1. The second kappa shape index (κ2) is 11.9. The number of esters is 2. The van der Waals surface area contributed by atoms with Crippen LogP contribution in [0.25, 0.3) is 6.08 Å². The predicted octanol–water partition coefficient (Wildman–Crippen LogP) is 5.68. The molecule has 0 aromatic heterocycles. The van der Waals surface area contributed by atoms with Crippen LogP contribution >= 0.6 is 15.9 Å². The summed E-state index contributed by atoms with van der Waals surface area (Å²) < 4.78 is 23.0. The summed E-state index contributed by atoms with van der Waals surface area (Å²) in [6.07, 6.45) is 2.07. The van der Waals surface area contributed by atoms with Gasteiger partial charge in [-0.1, -0.05) is 64.5 Å². The molecule has 0 amide bonds. The number of benzene rings is 3. The van der Waals surface area contributed by atoms with E-state index in [1.807, 2.05) is 66.7 Å². The van der Waals surface area contributed by atoms with E-state index in [0.29, 0.717) is 17.0 Å². The van der Waals surface area contributed by atoms with Gasteiger partial charge in [-0.15, -0.1) is 0 Å². The summed E-state index contributed by atoms with van der Waals surface area (Å²) in [6.45, 7) is 0. The second-order valence-electron chi connectivity index (χ2n) is 8.04. The minimum absolute atomic E-state index is 0.0291. The maximum atomic E-state index is 13.3. The lowest BCUT2D eigenvalue weighted by Crippen LogP contribution is -2.46. The highest BCUT2D eigenvalue weighted by Crippen LogP contribution is 2.41. The van der Waals surface area contributed by atoms with Gasteiger partial charge in [0.2, 0.25) is 0 Å². The molecule has 1 aliphatic heterocycles. The smallest absolute Gasteiger partial charge is 0.355 e. The fourth-order valence-corrected chi connectivity index (χ4v) is 4.32. The number of ether oxygens (including phenoxy) is 4. The van der Waals surface area contributed by atoms with Crippen molar-refractivity contribution in [2.24, 2.45) is 0 Å². The molecule has 0 N–H and O–H groups in total. The van der Waals surface area contributed by atoms with Gasteiger partial charge >= 0.3 is 11.9 Å². The summed E-state index contributed by atoms with van der Waals surface area (Å²) in [6, 6.07) is 24.1. The molecule has 0 radical (unpaired) electrons. The number of anilines is 1. The Morgan fingerprint density at radius 1 is 0.865 bits per heavy atom. The van der Waals surface area contributed by atoms with Gasteiger partial charge in [-0.25, -0.2) is 9.59 Å². The normalized spacial score (nSPS) is 17.6. The van der Waals surface area contributed by atoms with Gasteiger partial charge in [-0.3, -0.25) is 0 Å². The zero-order valence-corrected chi connectivity index (χ0v) is 22.2. The van der Waals surface area contributed by atoms with Gasteiger partial charge in [0.15, 0.2) is 6.23 Å². The molecular weight excluding hydrogens is 538 g/mol. The fraction of sp³-hybridized carbons (Fsp3) is 0.172. The van der Waals surface area contributed by atoms with Crippen molar-refractivity contribution in [3.63, 3.8) is 0 Å². The van der Waals surface area contributed by atoms with Crippen LogP contribution in [0.5, 0.6) is 5.75 Å². The molecule has 1 aliphatic rings. The maximum Gasteiger partial charge on any atom is 0.355 e. The fourth-order valence-electron chi connectivity index (χ4n) is 4.06. The Balaban J connectivity index is 1.95. The van der Waals surface area contributed by atoms with Crippen LogP contribution in [0.3, 0.4) is 0 Å². The first-order chi connectivity index (χ1) is 18.0. The number of methoxy groups -OCH3 is 3. The summed E-state index contributed by atoms with van der Waals surface area (Å²) in [7, 11) is 4.11. The Morgan fingerprint density at radius 2 is 1.51 bits per heavy atom. The van der Waals surface area contributed by atoms with Crippen LogP contribution in [-0.2, 0) is 23.8 Å². The second-order valence-corrected chi connectivity index (χ2v) is 8.96. The largest absolute Gasteiger partial charge is 0.497 e. The van der Waals surface area contributed by atoms with Crippen LogP contribution in [0, 0.1) is 0 Å². The molecule has 0 fully saturated rings. The molecule has 190 valence electrons. The Hall–Kier alpha value is -3.88. The molecule has 0 unspecified atom stereocenters. The van der Waals surface area contributed by atoms with Gasteiger partial charge < -0.3 is 23.8 Å². The van der Waals surface area contributed by atoms with Crippen LogP contribution in [0.2, 0.25) is 0 Å². The topological polar surface area (TPSA) is 74.3 Å². The number of halogens is 1. The molecular formula is C29H26BrNO6. The Morgan fingerprint density at radius 3 is 2.11 bits per heavy atom. The zero-order chi connectivity index (χ0) is 26.4. The molecule has 3 aromatic carbocycles.